The van der Waals surface area contributed by atoms with Crippen LogP contribution in [-0.4, -0.2) is 73.2 Å². The number of halogens is 1. The van der Waals surface area contributed by atoms with Gasteiger partial charge in [-0.1, -0.05) is 11.3 Å². The third kappa shape index (κ3) is 4.33. The van der Waals surface area contributed by atoms with E-state index in [2.05, 4.69) is 9.88 Å². The number of thiazole rings is 1. The molecule has 2 saturated heterocycles. The van der Waals surface area contributed by atoms with Crippen molar-refractivity contribution in [1.82, 2.24) is 9.88 Å². The molecule has 9 nitrogen and oxygen atoms in total. The van der Waals surface area contributed by atoms with E-state index in [0.717, 1.165) is 15.3 Å². The Morgan fingerprint density at radius 2 is 1.79 bits per heavy atom. The number of nitrogens with zero attached hydrogens (tertiary/aromatic N) is 5. The highest BCUT2D eigenvalue weighted by Gasteiger charge is 2.27. The van der Waals surface area contributed by atoms with E-state index < -0.39 is 4.92 Å². The number of carbonyl (C=O) groups is 1. The Balaban J connectivity index is 1.29. The first-order valence-electron chi connectivity index (χ1n) is 10.7. The number of hydrogen-bond acceptors (Lipinski definition) is 8. The molecule has 2 aliphatic rings. The van der Waals surface area contributed by atoms with Crippen molar-refractivity contribution in [1.29, 1.82) is 0 Å². The van der Waals surface area contributed by atoms with Crippen molar-refractivity contribution in [3.8, 4) is 0 Å². The van der Waals surface area contributed by atoms with Crippen LogP contribution in [0.1, 0.15) is 10.4 Å². The van der Waals surface area contributed by atoms with Crippen LogP contribution in [0.15, 0.2) is 36.4 Å². The van der Waals surface area contributed by atoms with Gasteiger partial charge in [-0.05, 0) is 30.3 Å². The summed E-state index contributed by atoms with van der Waals surface area (Å²) in [7, 11) is 0. The highest BCUT2D eigenvalue weighted by atomic mass is 32.1. The Kier molecular flexibility index (Phi) is 5.81. The van der Waals surface area contributed by atoms with Crippen molar-refractivity contribution >= 4 is 44.0 Å². The van der Waals surface area contributed by atoms with Crippen LogP contribution in [0, 0.1) is 15.9 Å². The van der Waals surface area contributed by atoms with Gasteiger partial charge < -0.3 is 19.4 Å². The summed E-state index contributed by atoms with van der Waals surface area (Å²) in [6.45, 7) is 4.31. The summed E-state index contributed by atoms with van der Waals surface area (Å²) < 4.78 is 19.6. The van der Waals surface area contributed by atoms with Gasteiger partial charge in [-0.2, -0.15) is 0 Å². The van der Waals surface area contributed by atoms with Gasteiger partial charge in [0.25, 0.3) is 11.6 Å². The summed E-state index contributed by atoms with van der Waals surface area (Å²) in [5.41, 5.74) is 1.50. The maximum Gasteiger partial charge on any atom is 0.293 e. The van der Waals surface area contributed by atoms with Gasteiger partial charge in [0, 0.05) is 50.9 Å². The zero-order valence-corrected chi connectivity index (χ0v) is 18.6. The molecule has 172 valence electrons. The van der Waals surface area contributed by atoms with Crippen molar-refractivity contribution < 1.29 is 18.8 Å². The molecule has 2 fully saturated rings. The molecule has 1 aromatic heterocycles. The van der Waals surface area contributed by atoms with Crippen LogP contribution in [0.5, 0.6) is 0 Å². The van der Waals surface area contributed by atoms with Gasteiger partial charge in [0.15, 0.2) is 5.13 Å². The summed E-state index contributed by atoms with van der Waals surface area (Å²) in [5.74, 6) is -0.514. The van der Waals surface area contributed by atoms with E-state index in [1.54, 1.807) is 23.1 Å². The largest absolute Gasteiger partial charge is 0.378 e. The number of carbonyl (C=O) groups excluding carboxylic acids is 1. The smallest absolute Gasteiger partial charge is 0.293 e. The van der Waals surface area contributed by atoms with Crippen LogP contribution in [0.2, 0.25) is 0 Å². The summed E-state index contributed by atoms with van der Waals surface area (Å²) in [5, 5.41) is 12.5. The van der Waals surface area contributed by atoms with Crippen molar-refractivity contribution in [3.63, 3.8) is 0 Å². The Morgan fingerprint density at radius 3 is 2.52 bits per heavy atom. The van der Waals surface area contributed by atoms with Gasteiger partial charge in [-0.25, -0.2) is 9.37 Å². The number of fused-ring (bicyclic) bond motifs is 1. The second kappa shape index (κ2) is 8.91. The summed E-state index contributed by atoms with van der Waals surface area (Å²) in [4.78, 5) is 34.6. The minimum Gasteiger partial charge on any atom is -0.378 e. The molecular weight excluding hydrogens is 449 g/mol. The highest BCUT2D eigenvalue weighted by molar-refractivity contribution is 7.22. The molecule has 0 N–H and O–H groups in total. The van der Waals surface area contributed by atoms with E-state index in [1.165, 1.54) is 29.5 Å². The zero-order valence-electron chi connectivity index (χ0n) is 17.8. The minimum absolute atomic E-state index is 0.0666. The third-order valence-electron chi connectivity index (χ3n) is 5.95. The summed E-state index contributed by atoms with van der Waals surface area (Å²) in [6, 6.07) is 9.23. The summed E-state index contributed by atoms with van der Waals surface area (Å²) >= 11 is 1.43. The molecule has 33 heavy (non-hydrogen) atoms. The van der Waals surface area contributed by atoms with Crippen molar-refractivity contribution in [2.75, 3.05) is 62.3 Å². The molecule has 0 atom stereocenters. The fourth-order valence-electron chi connectivity index (χ4n) is 4.18. The first-order chi connectivity index (χ1) is 16.0. The topological polar surface area (TPSA) is 92.0 Å². The molecule has 3 aromatic rings. The predicted molar refractivity (Wildman–Crippen MR) is 124 cm³/mol. The van der Waals surface area contributed by atoms with Gasteiger partial charge in [-0.3, -0.25) is 14.9 Å². The molecule has 5 rings (SSSR count). The molecular formula is C22H22FN5O4S. The number of aromatic nitrogens is 1. The van der Waals surface area contributed by atoms with Crippen molar-refractivity contribution in [2.45, 2.75) is 0 Å². The lowest BCUT2D eigenvalue weighted by molar-refractivity contribution is -0.384. The molecule has 0 spiro atoms. The SMILES string of the molecule is O=C(c1ccc(N2CCOCC2)c([N+](=O)[O-])c1)N1CCN(c2nc3ccc(F)cc3s2)CC1. The molecule has 0 bridgehead atoms. The molecule has 0 unspecified atom stereocenters. The Hall–Kier alpha value is -3.31. The number of morpholine rings is 1. The van der Waals surface area contributed by atoms with Gasteiger partial charge in [0.2, 0.25) is 0 Å². The van der Waals surface area contributed by atoms with Gasteiger partial charge in [-0.15, -0.1) is 0 Å². The standard InChI is InChI=1S/C22H22FN5O4S/c23-16-2-3-17-20(14-16)33-22(24-17)27-7-5-26(6-8-27)21(29)15-1-4-18(19(13-15)28(30)31)25-9-11-32-12-10-25/h1-4,13-14H,5-12H2. The van der Waals surface area contributed by atoms with E-state index in [9.17, 15) is 19.3 Å². The van der Waals surface area contributed by atoms with Crippen molar-refractivity contribution in [3.05, 3.63) is 57.9 Å². The molecule has 0 aliphatic carbocycles. The minimum atomic E-state index is -0.435. The lowest BCUT2D eigenvalue weighted by Crippen LogP contribution is -2.48. The first-order valence-corrected chi connectivity index (χ1v) is 11.5. The van der Waals surface area contributed by atoms with Gasteiger partial charge >= 0.3 is 0 Å². The lowest BCUT2D eigenvalue weighted by atomic mass is 10.1. The average molecular weight is 472 g/mol. The van der Waals surface area contributed by atoms with Gasteiger partial charge in [0.05, 0.1) is 28.4 Å². The molecule has 0 saturated carbocycles. The first kappa shape index (κ1) is 21.5. The number of hydrogen-bond donors (Lipinski definition) is 0. The number of amides is 1. The second-order valence-electron chi connectivity index (χ2n) is 7.95. The quantitative estimate of drug-likeness (QED) is 0.426. The van der Waals surface area contributed by atoms with Crippen LogP contribution in [0.3, 0.4) is 0 Å². The van der Waals surface area contributed by atoms with E-state index in [0.29, 0.717) is 63.7 Å². The number of ether oxygens (including phenoxy) is 1. The van der Waals surface area contributed by atoms with Crippen LogP contribution < -0.4 is 9.80 Å². The second-order valence-corrected chi connectivity index (χ2v) is 8.96. The number of nitro groups is 1. The summed E-state index contributed by atoms with van der Waals surface area (Å²) in [6.07, 6.45) is 0. The molecule has 3 heterocycles. The van der Waals surface area contributed by atoms with E-state index >= 15 is 0 Å². The number of rotatable bonds is 4. The normalized spacial score (nSPS) is 16.9. The molecule has 11 heteroatoms. The zero-order chi connectivity index (χ0) is 22.9. The highest BCUT2D eigenvalue weighted by Crippen LogP contribution is 2.32. The number of anilines is 2. The number of benzene rings is 2. The van der Waals surface area contributed by atoms with E-state index in [-0.39, 0.29) is 17.4 Å². The van der Waals surface area contributed by atoms with Crippen LogP contribution in [0.4, 0.5) is 20.9 Å². The molecule has 1 amide bonds. The predicted octanol–water partition coefficient (Wildman–Crippen LogP) is 3.14. The van der Waals surface area contributed by atoms with Gasteiger partial charge in [0.1, 0.15) is 11.5 Å². The number of nitro benzene ring substituents is 1. The van der Waals surface area contributed by atoms with Crippen LogP contribution in [0.25, 0.3) is 10.2 Å². The van der Waals surface area contributed by atoms with Crippen LogP contribution >= 0.6 is 11.3 Å². The molecule has 2 aliphatic heterocycles. The van der Waals surface area contributed by atoms with E-state index in [1.807, 2.05) is 4.90 Å². The lowest BCUT2D eigenvalue weighted by Gasteiger charge is -2.34. The maximum absolute atomic E-state index is 13.5. The Morgan fingerprint density at radius 1 is 1.03 bits per heavy atom. The Labute approximate surface area is 193 Å². The molecule has 2 aromatic carbocycles. The maximum atomic E-state index is 13.5. The molecule has 0 radical (unpaired) electrons. The Bertz CT molecular complexity index is 1200. The van der Waals surface area contributed by atoms with Crippen LogP contribution in [-0.2, 0) is 4.74 Å². The third-order valence-corrected chi connectivity index (χ3v) is 7.03. The fourth-order valence-corrected chi connectivity index (χ4v) is 5.22. The monoisotopic (exact) mass is 471 g/mol. The average Bonchev–Trinajstić information content (AvgIpc) is 3.27. The van der Waals surface area contributed by atoms with E-state index in [4.69, 9.17) is 4.74 Å². The van der Waals surface area contributed by atoms with Crippen molar-refractivity contribution in [2.24, 2.45) is 0 Å². The fraction of sp³-hybridized carbons (Fsp3) is 0.364. The number of piperazine rings is 1.